The number of aromatic nitrogens is 1. The van der Waals surface area contributed by atoms with Crippen LogP contribution in [0.25, 0.3) is 0 Å². The minimum atomic E-state index is -3.74. The van der Waals surface area contributed by atoms with Gasteiger partial charge in [0.2, 0.25) is 10.0 Å². The average molecular weight is 326 g/mol. The van der Waals surface area contributed by atoms with E-state index in [1.165, 1.54) is 22.8 Å². The smallest absolute Gasteiger partial charge is 0.345 e. The van der Waals surface area contributed by atoms with Crippen molar-refractivity contribution in [3.05, 3.63) is 46.4 Å². The van der Waals surface area contributed by atoms with Gasteiger partial charge in [0, 0.05) is 30.9 Å². The molecule has 1 N–H and O–H groups in total. The summed E-state index contributed by atoms with van der Waals surface area (Å²) in [7, 11) is -2.27. The van der Waals surface area contributed by atoms with E-state index < -0.39 is 16.0 Å². The highest BCUT2D eigenvalue weighted by molar-refractivity contribution is 7.89. The monoisotopic (exact) mass is 326 g/mol. The minimum Gasteiger partial charge on any atom is -0.477 e. The fourth-order valence-corrected chi connectivity index (χ4v) is 4.24. The standard InChI is InChI=1S/C13H14N2O4S2/c1-9(10-3-5-14-6-4-10)15(2)21(18,19)11-7-12(13(16)17)20-8-11/h3-9H,1-2H3,(H,16,17). The lowest BCUT2D eigenvalue weighted by Crippen LogP contribution is -2.29. The number of pyridine rings is 1. The fraction of sp³-hybridized carbons (Fsp3) is 0.231. The summed E-state index contributed by atoms with van der Waals surface area (Å²) in [4.78, 5) is 14.8. The highest BCUT2D eigenvalue weighted by atomic mass is 32.2. The molecule has 0 spiro atoms. The maximum absolute atomic E-state index is 12.5. The molecule has 2 aromatic rings. The van der Waals surface area contributed by atoms with E-state index in [2.05, 4.69) is 4.98 Å². The van der Waals surface area contributed by atoms with E-state index >= 15 is 0 Å². The quantitative estimate of drug-likeness (QED) is 0.910. The van der Waals surface area contributed by atoms with Crippen molar-refractivity contribution in [3.63, 3.8) is 0 Å². The molecular formula is C13H14N2O4S2. The summed E-state index contributed by atoms with van der Waals surface area (Å²) < 4.78 is 26.2. The molecule has 0 amide bonds. The minimum absolute atomic E-state index is 0.00135. The molecule has 0 fully saturated rings. The van der Waals surface area contributed by atoms with Crippen LogP contribution >= 0.6 is 11.3 Å². The molecule has 8 heteroatoms. The summed E-state index contributed by atoms with van der Waals surface area (Å²) in [6.07, 6.45) is 3.19. The van der Waals surface area contributed by atoms with Gasteiger partial charge in [0.25, 0.3) is 0 Å². The number of aromatic carboxylic acids is 1. The van der Waals surface area contributed by atoms with Gasteiger partial charge in [-0.25, -0.2) is 13.2 Å². The van der Waals surface area contributed by atoms with Crippen LogP contribution in [-0.4, -0.2) is 35.8 Å². The van der Waals surface area contributed by atoms with Crippen LogP contribution in [0.2, 0.25) is 0 Å². The van der Waals surface area contributed by atoms with E-state index in [0.717, 1.165) is 16.9 Å². The number of hydrogen-bond donors (Lipinski definition) is 1. The number of rotatable bonds is 5. The maximum Gasteiger partial charge on any atom is 0.345 e. The molecule has 1 atom stereocenters. The maximum atomic E-state index is 12.5. The average Bonchev–Trinajstić information content (AvgIpc) is 2.97. The molecule has 0 radical (unpaired) electrons. The summed E-state index contributed by atoms with van der Waals surface area (Å²) in [5.74, 6) is -1.13. The predicted octanol–water partition coefficient (Wildman–Crippen LogP) is 2.22. The van der Waals surface area contributed by atoms with Crippen molar-refractivity contribution in [2.24, 2.45) is 0 Å². The molecule has 0 aromatic carbocycles. The molecule has 21 heavy (non-hydrogen) atoms. The second kappa shape index (κ2) is 5.92. The zero-order chi connectivity index (χ0) is 15.6. The second-order valence-corrected chi connectivity index (χ2v) is 7.34. The number of carboxylic acids is 1. The van der Waals surface area contributed by atoms with Crippen LogP contribution in [0.15, 0.2) is 40.9 Å². The Labute approximate surface area is 126 Å². The van der Waals surface area contributed by atoms with Gasteiger partial charge in [-0.3, -0.25) is 4.98 Å². The van der Waals surface area contributed by atoms with E-state index in [1.54, 1.807) is 31.5 Å². The Morgan fingerprint density at radius 3 is 2.52 bits per heavy atom. The molecular weight excluding hydrogens is 312 g/mol. The number of carboxylic acid groups (broad SMARTS) is 1. The first kappa shape index (κ1) is 15.6. The zero-order valence-electron chi connectivity index (χ0n) is 11.4. The molecule has 2 heterocycles. The van der Waals surface area contributed by atoms with Gasteiger partial charge in [-0.1, -0.05) is 0 Å². The third-order valence-electron chi connectivity index (χ3n) is 3.20. The van der Waals surface area contributed by atoms with Crippen molar-refractivity contribution in [2.75, 3.05) is 7.05 Å². The van der Waals surface area contributed by atoms with Crippen LogP contribution < -0.4 is 0 Å². The van der Waals surface area contributed by atoms with E-state index in [4.69, 9.17) is 5.11 Å². The van der Waals surface area contributed by atoms with Crippen molar-refractivity contribution in [1.29, 1.82) is 0 Å². The van der Waals surface area contributed by atoms with Crippen molar-refractivity contribution in [3.8, 4) is 0 Å². The molecule has 112 valence electrons. The van der Waals surface area contributed by atoms with Crippen LogP contribution in [0.4, 0.5) is 0 Å². The Morgan fingerprint density at radius 2 is 2.00 bits per heavy atom. The molecule has 0 aliphatic rings. The third-order valence-corrected chi connectivity index (χ3v) is 6.17. The van der Waals surface area contributed by atoms with Gasteiger partial charge in [-0.2, -0.15) is 4.31 Å². The van der Waals surface area contributed by atoms with E-state index in [-0.39, 0.29) is 15.8 Å². The highest BCUT2D eigenvalue weighted by Crippen LogP contribution is 2.28. The molecule has 0 aliphatic carbocycles. The molecule has 0 bridgehead atoms. The highest BCUT2D eigenvalue weighted by Gasteiger charge is 2.28. The first-order valence-corrected chi connectivity index (χ1v) is 8.36. The molecule has 2 aromatic heterocycles. The van der Waals surface area contributed by atoms with Gasteiger partial charge in [-0.05, 0) is 30.7 Å². The molecule has 0 saturated heterocycles. The zero-order valence-corrected chi connectivity index (χ0v) is 13.1. The Kier molecular flexibility index (Phi) is 4.40. The second-order valence-electron chi connectivity index (χ2n) is 4.43. The largest absolute Gasteiger partial charge is 0.477 e. The van der Waals surface area contributed by atoms with E-state index in [0.29, 0.717) is 0 Å². The number of sulfonamides is 1. The Bertz CT molecular complexity index is 741. The van der Waals surface area contributed by atoms with Crippen molar-refractivity contribution >= 4 is 27.3 Å². The van der Waals surface area contributed by atoms with Gasteiger partial charge in [0.05, 0.1) is 4.90 Å². The van der Waals surface area contributed by atoms with Crippen LogP contribution in [0.5, 0.6) is 0 Å². The molecule has 0 saturated carbocycles. The summed E-state index contributed by atoms with van der Waals surface area (Å²) in [5, 5.41) is 10.2. The van der Waals surface area contributed by atoms with Crippen molar-refractivity contribution in [1.82, 2.24) is 9.29 Å². The number of hydrogen-bond acceptors (Lipinski definition) is 5. The van der Waals surface area contributed by atoms with Crippen LogP contribution in [0.3, 0.4) is 0 Å². The number of carbonyl (C=O) groups is 1. The van der Waals surface area contributed by atoms with Gasteiger partial charge in [-0.15, -0.1) is 11.3 Å². The van der Waals surface area contributed by atoms with E-state index in [9.17, 15) is 13.2 Å². The lowest BCUT2D eigenvalue weighted by atomic mass is 10.1. The summed E-state index contributed by atoms with van der Waals surface area (Å²) in [6, 6.07) is 4.28. The first-order chi connectivity index (χ1) is 9.84. The first-order valence-electron chi connectivity index (χ1n) is 6.04. The number of nitrogens with zero attached hydrogens (tertiary/aromatic N) is 2. The van der Waals surface area contributed by atoms with Crippen LogP contribution in [-0.2, 0) is 10.0 Å². The van der Waals surface area contributed by atoms with Gasteiger partial charge in [0.15, 0.2) is 0 Å². The normalized spacial score (nSPS) is 13.3. The summed E-state index contributed by atoms with van der Waals surface area (Å²) in [5.41, 5.74) is 0.810. The van der Waals surface area contributed by atoms with Gasteiger partial charge < -0.3 is 5.11 Å². The third kappa shape index (κ3) is 3.12. The van der Waals surface area contributed by atoms with Gasteiger partial charge in [0.1, 0.15) is 4.88 Å². The fourth-order valence-electron chi connectivity index (χ4n) is 1.79. The molecule has 6 nitrogen and oxygen atoms in total. The lowest BCUT2D eigenvalue weighted by Gasteiger charge is -2.24. The summed E-state index contributed by atoms with van der Waals surface area (Å²) >= 11 is 0.894. The Balaban J connectivity index is 2.32. The number of thiophene rings is 1. The van der Waals surface area contributed by atoms with Crippen molar-refractivity contribution < 1.29 is 18.3 Å². The van der Waals surface area contributed by atoms with Crippen LogP contribution in [0, 0.1) is 0 Å². The SMILES string of the molecule is CC(c1ccncc1)N(C)S(=O)(=O)c1csc(C(=O)O)c1. The predicted molar refractivity (Wildman–Crippen MR) is 78.9 cm³/mol. The van der Waals surface area contributed by atoms with Gasteiger partial charge >= 0.3 is 5.97 Å². The molecule has 2 rings (SSSR count). The van der Waals surface area contributed by atoms with Crippen LogP contribution in [0.1, 0.15) is 28.2 Å². The Morgan fingerprint density at radius 1 is 1.38 bits per heavy atom. The lowest BCUT2D eigenvalue weighted by molar-refractivity contribution is 0.0702. The Hall–Kier alpha value is -1.77. The van der Waals surface area contributed by atoms with E-state index in [1.807, 2.05) is 0 Å². The topological polar surface area (TPSA) is 87.6 Å². The summed E-state index contributed by atoms with van der Waals surface area (Å²) in [6.45, 7) is 1.76. The molecule has 0 aliphatic heterocycles. The van der Waals surface area contributed by atoms with Crippen molar-refractivity contribution in [2.45, 2.75) is 17.9 Å². The molecule has 1 unspecified atom stereocenters.